The first-order chi connectivity index (χ1) is 6.60. The van der Waals surface area contributed by atoms with Gasteiger partial charge < -0.3 is 5.32 Å². The SMILES string of the molecule is O=S(=O)(c1cccc(Br)c1)C1CNC1. The summed E-state index contributed by atoms with van der Waals surface area (Å²) < 4.78 is 24.6. The lowest BCUT2D eigenvalue weighted by Gasteiger charge is -2.26. The smallest absolute Gasteiger partial charge is 0.183 e. The molecule has 0 spiro atoms. The molecule has 3 nitrogen and oxygen atoms in total. The van der Waals surface area contributed by atoms with E-state index >= 15 is 0 Å². The van der Waals surface area contributed by atoms with Crippen molar-refractivity contribution in [1.82, 2.24) is 5.32 Å². The number of nitrogens with one attached hydrogen (secondary N) is 1. The minimum absolute atomic E-state index is 0.253. The van der Waals surface area contributed by atoms with E-state index < -0.39 is 9.84 Å². The van der Waals surface area contributed by atoms with E-state index in [1.54, 1.807) is 18.2 Å². The highest BCUT2D eigenvalue weighted by molar-refractivity contribution is 9.10. The summed E-state index contributed by atoms with van der Waals surface area (Å²) in [6, 6.07) is 6.84. The van der Waals surface area contributed by atoms with Crippen LogP contribution in [0.3, 0.4) is 0 Å². The van der Waals surface area contributed by atoms with Gasteiger partial charge in [0.15, 0.2) is 9.84 Å². The van der Waals surface area contributed by atoms with Crippen molar-refractivity contribution in [2.45, 2.75) is 10.1 Å². The molecule has 76 valence electrons. The van der Waals surface area contributed by atoms with Gasteiger partial charge in [-0.3, -0.25) is 0 Å². The lowest BCUT2D eigenvalue weighted by Crippen LogP contribution is -2.51. The van der Waals surface area contributed by atoms with E-state index in [4.69, 9.17) is 0 Å². The molecule has 1 heterocycles. The fraction of sp³-hybridized carbons (Fsp3) is 0.333. The second-order valence-electron chi connectivity index (χ2n) is 3.28. The predicted molar refractivity (Wildman–Crippen MR) is 58.0 cm³/mol. The molecule has 0 aromatic heterocycles. The van der Waals surface area contributed by atoms with Gasteiger partial charge in [0.05, 0.1) is 10.1 Å². The van der Waals surface area contributed by atoms with Crippen molar-refractivity contribution in [2.75, 3.05) is 13.1 Å². The first kappa shape index (κ1) is 10.1. The minimum atomic E-state index is -3.12. The van der Waals surface area contributed by atoms with Gasteiger partial charge in [0, 0.05) is 17.6 Å². The first-order valence-electron chi connectivity index (χ1n) is 4.31. The maximum Gasteiger partial charge on any atom is 0.183 e. The van der Waals surface area contributed by atoms with E-state index in [2.05, 4.69) is 21.2 Å². The monoisotopic (exact) mass is 275 g/mol. The molecule has 0 aliphatic carbocycles. The molecule has 1 aromatic carbocycles. The Morgan fingerprint density at radius 2 is 2.07 bits per heavy atom. The normalized spacial score (nSPS) is 17.8. The van der Waals surface area contributed by atoms with Gasteiger partial charge in [-0.1, -0.05) is 22.0 Å². The minimum Gasteiger partial charge on any atom is -0.314 e. The van der Waals surface area contributed by atoms with Crippen molar-refractivity contribution >= 4 is 25.8 Å². The third kappa shape index (κ3) is 1.71. The second-order valence-corrected chi connectivity index (χ2v) is 6.43. The standard InChI is InChI=1S/C9H10BrNO2S/c10-7-2-1-3-8(4-7)14(12,13)9-5-11-6-9/h1-4,9,11H,5-6H2. The van der Waals surface area contributed by atoms with Crippen molar-refractivity contribution in [1.29, 1.82) is 0 Å². The van der Waals surface area contributed by atoms with Gasteiger partial charge >= 0.3 is 0 Å². The van der Waals surface area contributed by atoms with Crippen LogP contribution in [-0.4, -0.2) is 26.8 Å². The molecular formula is C9H10BrNO2S. The van der Waals surface area contributed by atoms with E-state index in [9.17, 15) is 8.42 Å². The Kier molecular flexibility index (Phi) is 2.64. The van der Waals surface area contributed by atoms with Gasteiger partial charge in [0.2, 0.25) is 0 Å². The molecule has 1 aliphatic heterocycles. The number of benzene rings is 1. The van der Waals surface area contributed by atoms with Crippen LogP contribution >= 0.6 is 15.9 Å². The zero-order valence-electron chi connectivity index (χ0n) is 7.40. The Hall–Kier alpha value is -0.390. The molecule has 5 heteroatoms. The number of halogens is 1. The summed E-state index contributed by atoms with van der Waals surface area (Å²) >= 11 is 3.26. The summed E-state index contributed by atoms with van der Waals surface area (Å²) in [6.07, 6.45) is 0. The third-order valence-electron chi connectivity index (χ3n) is 2.31. The molecule has 1 aliphatic rings. The van der Waals surface area contributed by atoms with Crippen molar-refractivity contribution in [3.05, 3.63) is 28.7 Å². The maximum absolute atomic E-state index is 11.9. The molecule has 0 bridgehead atoms. The molecule has 0 saturated carbocycles. The van der Waals surface area contributed by atoms with Gasteiger partial charge in [-0.15, -0.1) is 0 Å². The first-order valence-corrected chi connectivity index (χ1v) is 6.65. The van der Waals surface area contributed by atoms with Gasteiger partial charge in [-0.25, -0.2) is 8.42 Å². The van der Waals surface area contributed by atoms with Gasteiger partial charge in [0.25, 0.3) is 0 Å². The van der Waals surface area contributed by atoms with Gasteiger partial charge in [-0.05, 0) is 18.2 Å². The van der Waals surface area contributed by atoms with E-state index in [-0.39, 0.29) is 5.25 Å². The zero-order valence-corrected chi connectivity index (χ0v) is 9.81. The van der Waals surface area contributed by atoms with Crippen LogP contribution in [0.1, 0.15) is 0 Å². The second kappa shape index (κ2) is 3.64. The highest BCUT2D eigenvalue weighted by Gasteiger charge is 2.32. The molecule has 0 unspecified atom stereocenters. The summed E-state index contributed by atoms with van der Waals surface area (Å²) in [6.45, 7) is 1.13. The summed E-state index contributed by atoms with van der Waals surface area (Å²) in [5, 5.41) is 2.71. The molecule has 0 amide bonds. The van der Waals surface area contributed by atoms with Crippen LogP contribution in [0.5, 0.6) is 0 Å². The van der Waals surface area contributed by atoms with Crippen molar-refractivity contribution in [3.8, 4) is 0 Å². The predicted octanol–water partition coefficient (Wildman–Crippen LogP) is 1.19. The van der Waals surface area contributed by atoms with Crippen LogP contribution < -0.4 is 5.32 Å². The summed E-state index contributed by atoms with van der Waals surface area (Å²) in [5.41, 5.74) is 0. The summed E-state index contributed by atoms with van der Waals surface area (Å²) in [5.74, 6) is 0. The summed E-state index contributed by atoms with van der Waals surface area (Å²) in [7, 11) is -3.12. The van der Waals surface area contributed by atoms with E-state index in [0.29, 0.717) is 18.0 Å². The number of rotatable bonds is 2. The Morgan fingerprint density at radius 1 is 1.36 bits per heavy atom. The third-order valence-corrected chi connectivity index (χ3v) is 4.92. The van der Waals surface area contributed by atoms with E-state index in [0.717, 1.165) is 4.47 Å². The molecule has 2 rings (SSSR count). The Bertz CT molecular complexity index is 440. The Morgan fingerprint density at radius 3 is 2.57 bits per heavy atom. The Balaban J connectivity index is 2.38. The van der Waals surface area contributed by atoms with E-state index in [1.807, 2.05) is 6.07 Å². The lowest BCUT2D eigenvalue weighted by atomic mass is 10.3. The van der Waals surface area contributed by atoms with Crippen LogP contribution in [-0.2, 0) is 9.84 Å². The number of sulfone groups is 1. The zero-order chi connectivity index (χ0) is 10.2. The molecular weight excluding hydrogens is 266 g/mol. The average Bonchev–Trinajstić information content (AvgIpc) is 2.00. The van der Waals surface area contributed by atoms with Crippen molar-refractivity contribution < 1.29 is 8.42 Å². The molecule has 14 heavy (non-hydrogen) atoms. The maximum atomic E-state index is 11.9. The van der Waals surface area contributed by atoms with E-state index in [1.165, 1.54) is 0 Å². The van der Waals surface area contributed by atoms with Gasteiger partial charge in [0.1, 0.15) is 0 Å². The molecule has 1 fully saturated rings. The van der Waals surface area contributed by atoms with Crippen molar-refractivity contribution in [2.24, 2.45) is 0 Å². The van der Waals surface area contributed by atoms with Crippen LogP contribution in [0.25, 0.3) is 0 Å². The average molecular weight is 276 g/mol. The highest BCUT2D eigenvalue weighted by atomic mass is 79.9. The molecule has 0 radical (unpaired) electrons. The summed E-state index contributed by atoms with van der Waals surface area (Å²) in [4.78, 5) is 0.401. The number of hydrogen-bond acceptors (Lipinski definition) is 3. The van der Waals surface area contributed by atoms with Crippen molar-refractivity contribution in [3.63, 3.8) is 0 Å². The molecule has 1 N–H and O–H groups in total. The largest absolute Gasteiger partial charge is 0.314 e. The van der Waals surface area contributed by atoms with Crippen LogP contribution in [0.4, 0.5) is 0 Å². The topological polar surface area (TPSA) is 46.2 Å². The van der Waals surface area contributed by atoms with Crippen LogP contribution in [0.2, 0.25) is 0 Å². The lowest BCUT2D eigenvalue weighted by molar-refractivity contribution is 0.495. The fourth-order valence-electron chi connectivity index (χ4n) is 1.32. The molecule has 1 aromatic rings. The molecule has 0 atom stereocenters. The number of hydrogen-bond donors (Lipinski definition) is 1. The fourth-order valence-corrected chi connectivity index (χ4v) is 3.49. The highest BCUT2D eigenvalue weighted by Crippen LogP contribution is 2.21. The van der Waals surface area contributed by atoms with Crippen LogP contribution in [0.15, 0.2) is 33.6 Å². The Labute approximate surface area is 91.6 Å². The van der Waals surface area contributed by atoms with Crippen LogP contribution in [0, 0.1) is 0 Å². The molecule has 1 saturated heterocycles. The quantitative estimate of drug-likeness (QED) is 0.882. The van der Waals surface area contributed by atoms with Gasteiger partial charge in [-0.2, -0.15) is 0 Å².